The van der Waals surface area contributed by atoms with E-state index in [9.17, 15) is 22.8 Å². The van der Waals surface area contributed by atoms with Crippen LogP contribution in [0, 0.1) is 0 Å². The van der Waals surface area contributed by atoms with Crippen molar-refractivity contribution in [1.82, 2.24) is 14.5 Å². The monoisotopic (exact) mass is 574 g/mol. The maximum absolute atomic E-state index is 13.4. The molecule has 2 N–H and O–H groups in total. The second-order valence-electron chi connectivity index (χ2n) is 10.8. The van der Waals surface area contributed by atoms with E-state index in [0.717, 1.165) is 5.69 Å². The van der Waals surface area contributed by atoms with Gasteiger partial charge in [-0.25, -0.2) is 18.0 Å². The summed E-state index contributed by atoms with van der Waals surface area (Å²) in [5, 5.41) is 5.69. The number of benzene rings is 2. The van der Waals surface area contributed by atoms with Crippen molar-refractivity contribution in [3.63, 3.8) is 0 Å². The Morgan fingerprint density at radius 3 is 2.23 bits per heavy atom. The normalized spacial score (nSPS) is 16.6. The first-order valence-electron chi connectivity index (χ1n) is 13.0. The summed E-state index contributed by atoms with van der Waals surface area (Å²) in [7, 11) is 0.938. The topological polar surface area (TPSA) is 134 Å². The minimum absolute atomic E-state index is 0.0879. The van der Waals surface area contributed by atoms with E-state index in [1.807, 2.05) is 0 Å². The molecule has 2 amide bonds. The van der Waals surface area contributed by atoms with E-state index >= 15 is 0 Å². The lowest BCUT2D eigenvalue weighted by Crippen LogP contribution is -2.52. The second-order valence-corrected chi connectivity index (χ2v) is 12.6. The summed E-state index contributed by atoms with van der Waals surface area (Å²) in [6.45, 7) is 5.37. The number of nitrogens with zero attached hydrogens (tertiary/aromatic N) is 2. The molecular weight excluding hydrogens is 536 g/mol. The highest BCUT2D eigenvalue weighted by Gasteiger charge is 2.41. The van der Waals surface area contributed by atoms with Gasteiger partial charge >= 0.3 is 12.1 Å². The van der Waals surface area contributed by atoms with Crippen LogP contribution in [-0.4, -0.2) is 81.0 Å². The third-order valence-electron chi connectivity index (χ3n) is 6.20. The molecule has 218 valence electrons. The molecule has 1 fully saturated rings. The van der Waals surface area contributed by atoms with Gasteiger partial charge in [-0.15, -0.1) is 0 Å². The van der Waals surface area contributed by atoms with Crippen LogP contribution >= 0.6 is 0 Å². The molecule has 0 unspecified atom stereocenters. The molecule has 0 radical (unpaired) electrons. The number of anilines is 1. The van der Waals surface area contributed by atoms with E-state index in [-0.39, 0.29) is 17.9 Å². The van der Waals surface area contributed by atoms with E-state index in [1.165, 1.54) is 21.3 Å². The molecule has 0 aromatic heterocycles. The number of sulfonamides is 1. The number of nitrogens with one attached hydrogen (secondary N) is 2. The summed E-state index contributed by atoms with van der Waals surface area (Å²) in [6, 6.07) is 10.8. The number of amides is 2. The van der Waals surface area contributed by atoms with E-state index in [4.69, 9.17) is 9.47 Å². The lowest BCUT2D eigenvalue weighted by Gasteiger charge is -2.28. The Labute approximate surface area is 235 Å². The van der Waals surface area contributed by atoms with Crippen LogP contribution in [0.5, 0.6) is 5.75 Å². The maximum Gasteiger partial charge on any atom is 0.414 e. The molecule has 0 spiro atoms. The van der Waals surface area contributed by atoms with Crippen LogP contribution in [0.15, 0.2) is 53.4 Å². The van der Waals surface area contributed by atoms with Gasteiger partial charge < -0.3 is 25.0 Å². The predicted octanol–water partition coefficient (Wildman–Crippen LogP) is 3.01. The van der Waals surface area contributed by atoms with Crippen molar-refractivity contribution in [3.05, 3.63) is 54.1 Å². The van der Waals surface area contributed by atoms with Gasteiger partial charge in [0.25, 0.3) is 0 Å². The molecule has 1 saturated heterocycles. The zero-order valence-corrected chi connectivity index (χ0v) is 24.6. The molecule has 0 aliphatic carbocycles. The standard InChI is InChI=1S/C28H38N4O7S/c1-28(2,3)39-26(34)23(18-19-9-13-21(14-10-19)38-27(35)31(5)6)30-25(33)24-8-7-17-32(24)40(36,37)22-15-11-20(29-4)12-16-22/h9-16,23-24,29H,7-8,17-18H2,1-6H3,(H,30,33)/t23-,24-/m0/s1. The Morgan fingerprint density at radius 2 is 1.68 bits per heavy atom. The molecule has 11 nitrogen and oxygen atoms in total. The smallest absolute Gasteiger partial charge is 0.414 e. The number of carbonyl (C=O) groups excluding carboxylic acids is 3. The minimum Gasteiger partial charge on any atom is -0.458 e. The fraction of sp³-hybridized carbons (Fsp3) is 0.464. The Balaban J connectivity index is 1.79. The first-order valence-corrected chi connectivity index (χ1v) is 14.5. The summed E-state index contributed by atoms with van der Waals surface area (Å²) < 4.78 is 38.8. The number of hydrogen-bond donors (Lipinski definition) is 2. The van der Waals surface area contributed by atoms with Crippen molar-refractivity contribution in [2.24, 2.45) is 0 Å². The van der Waals surface area contributed by atoms with Crippen LogP contribution in [0.3, 0.4) is 0 Å². The van der Waals surface area contributed by atoms with Crippen molar-refractivity contribution in [2.45, 2.75) is 62.6 Å². The largest absolute Gasteiger partial charge is 0.458 e. The van der Waals surface area contributed by atoms with Crippen molar-refractivity contribution in [1.29, 1.82) is 0 Å². The van der Waals surface area contributed by atoms with Crippen molar-refractivity contribution in [3.8, 4) is 5.75 Å². The highest BCUT2D eigenvalue weighted by molar-refractivity contribution is 7.89. The van der Waals surface area contributed by atoms with Gasteiger partial charge in [-0.2, -0.15) is 4.31 Å². The molecule has 2 atom stereocenters. The molecule has 0 saturated carbocycles. The van der Waals surface area contributed by atoms with Gasteiger partial charge in [-0.1, -0.05) is 12.1 Å². The number of ether oxygens (including phenoxy) is 2. The van der Waals surface area contributed by atoms with E-state index < -0.39 is 45.7 Å². The van der Waals surface area contributed by atoms with E-state index in [1.54, 1.807) is 78.3 Å². The summed E-state index contributed by atoms with van der Waals surface area (Å²) in [4.78, 5) is 39.8. The zero-order chi connectivity index (χ0) is 29.7. The van der Waals surface area contributed by atoms with Crippen molar-refractivity contribution >= 4 is 33.7 Å². The van der Waals surface area contributed by atoms with Crippen LogP contribution in [-0.2, 0) is 30.8 Å². The molecular formula is C28H38N4O7S. The number of rotatable bonds is 9. The first-order chi connectivity index (χ1) is 18.7. The van der Waals surface area contributed by atoms with Crippen LogP contribution in [0.25, 0.3) is 0 Å². The van der Waals surface area contributed by atoms with Crippen LogP contribution in [0.1, 0.15) is 39.2 Å². The van der Waals surface area contributed by atoms with Gasteiger partial charge in [-0.05, 0) is 75.6 Å². The summed E-state index contributed by atoms with van der Waals surface area (Å²) in [5.74, 6) is -0.880. The Morgan fingerprint density at radius 1 is 1.05 bits per heavy atom. The summed E-state index contributed by atoms with van der Waals surface area (Å²) >= 11 is 0. The Bertz CT molecular complexity index is 1300. The minimum atomic E-state index is -3.94. The van der Waals surface area contributed by atoms with Gasteiger partial charge in [0.1, 0.15) is 23.4 Å². The molecule has 40 heavy (non-hydrogen) atoms. The van der Waals surface area contributed by atoms with Gasteiger partial charge in [0.15, 0.2) is 0 Å². The number of carbonyl (C=O) groups is 3. The number of esters is 1. The van der Waals surface area contributed by atoms with Crippen molar-refractivity contribution in [2.75, 3.05) is 33.0 Å². The third-order valence-corrected chi connectivity index (χ3v) is 8.12. The quantitative estimate of drug-likeness (QED) is 0.437. The predicted molar refractivity (Wildman–Crippen MR) is 151 cm³/mol. The molecule has 3 rings (SSSR count). The molecule has 1 aliphatic heterocycles. The molecule has 1 aliphatic rings. The maximum atomic E-state index is 13.4. The molecule has 2 aromatic carbocycles. The van der Waals surface area contributed by atoms with Gasteiger partial charge in [0, 0.05) is 39.8 Å². The van der Waals surface area contributed by atoms with Crippen molar-refractivity contribution < 1.29 is 32.3 Å². The average Bonchev–Trinajstić information content (AvgIpc) is 3.39. The second kappa shape index (κ2) is 12.7. The van der Waals surface area contributed by atoms with Gasteiger partial charge in [0.05, 0.1) is 4.90 Å². The third kappa shape index (κ3) is 7.95. The van der Waals surface area contributed by atoms with Gasteiger partial charge in [-0.3, -0.25) is 4.79 Å². The molecule has 12 heteroatoms. The highest BCUT2D eigenvalue weighted by Crippen LogP contribution is 2.27. The van der Waals surface area contributed by atoms with Crippen LogP contribution in [0.2, 0.25) is 0 Å². The fourth-order valence-corrected chi connectivity index (χ4v) is 5.83. The van der Waals surface area contributed by atoms with E-state index in [2.05, 4.69) is 10.6 Å². The lowest BCUT2D eigenvalue weighted by atomic mass is 10.0. The molecule has 2 aromatic rings. The zero-order valence-electron chi connectivity index (χ0n) is 23.8. The molecule has 1 heterocycles. The highest BCUT2D eigenvalue weighted by atomic mass is 32.2. The summed E-state index contributed by atoms with van der Waals surface area (Å²) in [6.07, 6.45) is 0.400. The SMILES string of the molecule is CNc1ccc(S(=O)(=O)N2CCC[C@H]2C(=O)N[C@@H](Cc2ccc(OC(=O)N(C)C)cc2)C(=O)OC(C)(C)C)cc1. The first kappa shape index (κ1) is 30.9. The number of hydrogen-bond acceptors (Lipinski definition) is 8. The lowest BCUT2D eigenvalue weighted by molar-refractivity contribution is -0.158. The average molecular weight is 575 g/mol. The fourth-order valence-electron chi connectivity index (χ4n) is 4.17. The van der Waals surface area contributed by atoms with Crippen LogP contribution in [0.4, 0.5) is 10.5 Å². The Kier molecular flexibility index (Phi) is 9.80. The Hall–Kier alpha value is -3.64. The van der Waals surface area contributed by atoms with Crippen LogP contribution < -0.4 is 15.4 Å². The molecule has 0 bridgehead atoms. The van der Waals surface area contributed by atoms with Gasteiger partial charge in [0.2, 0.25) is 15.9 Å². The van der Waals surface area contributed by atoms with E-state index in [0.29, 0.717) is 24.2 Å². The summed E-state index contributed by atoms with van der Waals surface area (Å²) in [5.41, 5.74) is 0.645.